The van der Waals surface area contributed by atoms with E-state index in [1.807, 2.05) is 31.2 Å². The maximum atomic E-state index is 12.1. The van der Waals surface area contributed by atoms with Crippen LogP contribution < -0.4 is 10.1 Å². The van der Waals surface area contributed by atoms with Crippen LogP contribution in [0.4, 0.5) is 0 Å². The lowest BCUT2D eigenvalue weighted by atomic mass is 10.1. The predicted molar refractivity (Wildman–Crippen MR) is 104 cm³/mol. The number of methoxy groups -OCH3 is 1. The highest BCUT2D eigenvalue weighted by Crippen LogP contribution is 2.12. The molecular weight excluding hydrogens is 360 g/mol. The third kappa shape index (κ3) is 6.12. The fourth-order valence-electron chi connectivity index (χ4n) is 2.45. The molecule has 0 aliphatic carbocycles. The molecule has 2 aromatic rings. The topological polar surface area (TPSA) is 84.9 Å². The van der Waals surface area contributed by atoms with Crippen LogP contribution in [0, 0.1) is 6.92 Å². The second kappa shape index (κ2) is 10.1. The van der Waals surface area contributed by atoms with Crippen LogP contribution in [0.3, 0.4) is 0 Å². The highest BCUT2D eigenvalue weighted by atomic mass is 16.5. The number of hydrogen-bond acceptors (Lipinski definition) is 5. The first kappa shape index (κ1) is 21.0. The van der Waals surface area contributed by atoms with Gasteiger partial charge in [0.1, 0.15) is 12.3 Å². The maximum Gasteiger partial charge on any atom is 0.325 e. The van der Waals surface area contributed by atoms with E-state index in [9.17, 15) is 14.4 Å². The molecule has 7 nitrogen and oxygen atoms in total. The van der Waals surface area contributed by atoms with Gasteiger partial charge in [0.05, 0.1) is 7.11 Å². The number of esters is 1. The molecule has 2 amide bonds. The van der Waals surface area contributed by atoms with Crippen molar-refractivity contribution in [3.63, 3.8) is 0 Å². The average molecular weight is 384 g/mol. The van der Waals surface area contributed by atoms with Crippen molar-refractivity contribution in [2.75, 3.05) is 27.3 Å². The summed E-state index contributed by atoms with van der Waals surface area (Å²) in [4.78, 5) is 37.5. The van der Waals surface area contributed by atoms with Gasteiger partial charge in [-0.1, -0.05) is 30.3 Å². The van der Waals surface area contributed by atoms with Crippen LogP contribution in [0.2, 0.25) is 0 Å². The number of rotatable bonds is 8. The van der Waals surface area contributed by atoms with E-state index in [0.29, 0.717) is 17.9 Å². The van der Waals surface area contributed by atoms with Crippen LogP contribution in [0.15, 0.2) is 48.5 Å². The monoisotopic (exact) mass is 384 g/mol. The van der Waals surface area contributed by atoms with E-state index in [1.54, 1.807) is 31.3 Å². The Hall–Kier alpha value is -3.35. The number of likely N-dealkylation sites (N-methyl/N-ethyl adjacent to an activating group) is 1. The molecule has 0 atom stereocenters. The van der Waals surface area contributed by atoms with Crippen LogP contribution in [0.1, 0.15) is 21.5 Å². The summed E-state index contributed by atoms with van der Waals surface area (Å²) in [6, 6.07) is 14.3. The third-order valence-electron chi connectivity index (χ3n) is 4.18. The van der Waals surface area contributed by atoms with E-state index in [4.69, 9.17) is 9.47 Å². The molecule has 0 heterocycles. The van der Waals surface area contributed by atoms with E-state index in [2.05, 4.69) is 5.32 Å². The van der Waals surface area contributed by atoms with Crippen molar-refractivity contribution in [2.24, 2.45) is 0 Å². The highest BCUT2D eigenvalue weighted by molar-refractivity contribution is 5.96. The summed E-state index contributed by atoms with van der Waals surface area (Å²) in [5.74, 6) is -0.902. The largest absolute Gasteiger partial charge is 0.497 e. The Kier molecular flexibility index (Phi) is 7.56. The minimum absolute atomic E-state index is 0.323. The first-order chi connectivity index (χ1) is 13.4. The molecular formula is C21H24N2O5. The zero-order valence-corrected chi connectivity index (χ0v) is 16.2. The fraction of sp³-hybridized carbons (Fsp3) is 0.286. The van der Waals surface area contributed by atoms with Crippen molar-refractivity contribution in [2.45, 2.75) is 13.5 Å². The van der Waals surface area contributed by atoms with E-state index < -0.39 is 11.9 Å². The average Bonchev–Trinajstić information content (AvgIpc) is 2.71. The number of nitrogens with one attached hydrogen (secondary N) is 1. The minimum Gasteiger partial charge on any atom is -0.497 e. The second-order valence-corrected chi connectivity index (χ2v) is 6.25. The number of hydrogen-bond donors (Lipinski definition) is 1. The van der Waals surface area contributed by atoms with Crippen molar-refractivity contribution in [3.05, 3.63) is 65.2 Å². The van der Waals surface area contributed by atoms with Gasteiger partial charge in [0.2, 0.25) is 0 Å². The molecule has 148 valence electrons. The van der Waals surface area contributed by atoms with Gasteiger partial charge in [0.15, 0.2) is 6.61 Å². The van der Waals surface area contributed by atoms with Gasteiger partial charge < -0.3 is 19.7 Å². The number of benzene rings is 2. The lowest BCUT2D eigenvalue weighted by molar-refractivity contribution is -0.150. The maximum absolute atomic E-state index is 12.1. The summed E-state index contributed by atoms with van der Waals surface area (Å²) >= 11 is 0. The highest BCUT2D eigenvalue weighted by Gasteiger charge is 2.14. The van der Waals surface area contributed by atoms with E-state index in [0.717, 1.165) is 11.1 Å². The molecule has 2 aromatic carbocycles. The Bertz CT molecular complexity index is 850. The summed E-state index contributed by atoms with van der Waals surface area (Å²) in [6.07, 6.45) is 0. The summed E-state index contributed by atoms with van der Waals surface area (Å²) in [6.45, 7) is 1.69. The van der Waals surface area contributed by atoms with Crippen molar-refractivity contribution in [1.29, 1.82) is 0 Å². The third-order valence-corrected chi connectivity index (χ3v) is 4.18. The molecule has 0 saturated heterocycles. The molecule has 2 rings (SSSR count). The van der Waals surface area contributed by atoms with Crippen molar-refractivity contribution < 1.29 is 23.9 Å². The lowest BCUT2D eigenvalue weighted by Gasteiger charge is -2.18. The number of carbonyl (C=O) groups excluding carboxylic acids is 3. The molecule has 1 N–H and O–H groups in total. The van der Waals surface area contributed by atoms with Crippen LogP contribution in [0.5, 0.6) is 5.75 Å². The van der Waals surface area contributed by atoms with E-state index >= 15 is 0 Å². The molecule has 7 heteroatoms. The van der Waals surface area contributed by atoms with Crippen molar-refractivity contribution in [3.8, 4) is 5.75 Å². The van der Waals surface area contributed by atoms with Gasteiger partial charge in [-0.2, -0.15) is 0 Å². The molecule has 0 aromatic heterocycles. The molecule has 0 radical (unpaired) electrons. The Morgan fingerprint density at radius 3 is 2.54 bits per heavy atom. The van der Waals surface area contributed by atoms with E-state index in [-0.39, 0.29) is 19.1 Å². The number of aryl methyl sites for hydroxylation is 1. The van der Waals surface area contributed by atoms with Gasteiger partial charge in [-0.15, -0.1) is 0 Å². The first-order valence-corrected chi connectivity index (χ1v) is 8.77. The van der Waals surface area contributed by atoms with Gasteiger partial charge in [-0.05, 0) is 36.2 Å². The molecule has 0 fully saturated rings. The standard InChI is InChI=1S/C21H24N2O5/c1-15-7-4-5-8-17(15)13-23(2)19(24)14-28-20(25)12-22-21(26)16-9-6-10-18(11-16)27-3/h4-11H,12-14H2,1-3H3,(H,22,26). The van der Waals surface area contributed by atoms with Crippen molar-refractivity contribution in [1.82, 2.24) is 10.2 Å². The predicted octanol–water partition coefficient (Wildman–Crippen LogP) is 1.94. The summed E-state index contributed by atoms with van der Waals surface area (Å²) in [7, 11) is 3.15. The summed E-state index contributed by atoms with van der Waals surface area (Å²) in [5, 5.41) is 2.46. The van der Waals surface area contributed by atoms with Crippen LogP contribution >= 0.6 is 0 Å². The van der Waals surface area contributed by atoms with Crippen LogP contribution in [-0.2, 0) is 20.9 Å². The zero-order valence-electron chi connectivity index (χ0n) is 16.2. The van der Waals surface area contributed by atoms with Crippen LogP contribution in [-0.4, -0.2) is 50.0 Å². The number of amides is 2. The Morgan fingerprint density at radius 1 is 1.07 bits per heavy atom. The second-order valence-electron chi connectivity index (χ2n) is 6.25. The quantitative estimate of drug-likeness (QED) is 0.703. The minimum atomic E-state index is -0.686. The summed E-state index contributed by atoms with van der Waals surface area (Å²) < 4.78 is 10.0. The van der Waals surface area contributed by atoms with Gasteiger partial charge in [0, 0.05) is 19.2 Å². The smallest absolute Gasteiger partial charge is 0.325 e. The van der Waals surface area contributed by atoms with Crippen LogP contribution in [0.25, 0.3) is 0 Å². The molecule has 0 unspecified atom stereocenters. The van der Waals surface area contributed by atoms with Crippen molar-refractivity contribution >= 4 is 17.8 Å². The van der Waals surface area contributed by atoms with Gasteiger partial charge in [0.25, 0.3) is 11.8 Å². The summed E-state index contributed by atoms with van der Waals surface area (Å²) in [5.41, 5.74) is 2.47. The SMILES string of the molecule is COc1cccc(C(=O)NCC(=O)OCC(=O)N(C)Cc2ccccc2C)c1. The molecule has 0 spiro atoms. The van der Waals surface area contributed by atoms with Gasteiger partial charge in [-0.25, -0.2) is 0 Å². The zero-order chi connectivity index (χ0) is 20.5. The Balaban J connectivity index is 1.76. The number of carbonyl (C=O) groups is 3. The first-order valence-electron chi connectivity index (χ1n) is 8.77. The number of ether oxygens (including phenoxy) is 2. The molecule has 0 aliphatic rings. The molecule has 28 heavy (non-hydrogen) atoms. The van der Waals surface area contributed by atoms with E-state index in [1.165, 1.54) is 12.0 Å². The number of nitrogens with zero attached hydrogens (tertiary/aromatic N) is 1. The van der Waals surface area contributed by atoms with Gasteiger partial charge in [-0.3, -0.25) is 14.4 Å². The lowest BCUT2D eigenvalue weighted by Crippen LogP contribution is -2.34. The van der Waals surface area contributed by atoms with Gasteiger partial charge >= 0.3 is 5.97 Å². The normalized spacial score (nSPS) is 10.1. The molecule has 0 saturated carbocycles. The Morgan fingerprint density at radius 2 is 1.82 bits per heavy atom. The Labute approximate surface area is 164 Å². The molecule has 0 bridgehead atoms. The fourth-order valence-corrected chi connectivity index (χ4v) is 2.45. The molecule has 0 aliphatic heterocycles.